The minimum absolute atomic E-state index is 0.0964. The zero-order valence-corrected chi connectivity index (χ0v) is 12.8. The lowest BCUT2D eigenvalue weighted by atomic mass is 9.83. The summed E-state index contributed by atoms with van der Waals surface area (Å²) in [5.74, 6) is 1.28. The van der Waals surface area contributed by atoms with E-state index in [1.54, 1.807) is 0 Å². The highest BCUT2D eigenvalue weighted by Gasteiger charge is 2.23. The Labute approximate surface area is 127 Å². The molecule has 2 unspecified atom stereocenters. The Morgan fingerprint density at radius 2 is 2.19 bits per heavy atom. The molecule has 1 aromatic carbocycles. The molecule has 1 fully saturated rings. The molecule has 0 radical (unpaired) electrons. The molecule has 1 aliphatic rings. The summed E-state index contributed by atoms with van der Waals surface area (Å²) in [6, 6.07) is 8.02. The molecule has 0 spiro atoms. The van der Waals surface area contributed by atoms with Crippen LogP contribution in [0.25, 0.3) is 0 Å². The molecule has 4 nitrogen and oxygen atoms in total. The first-order valence-corrected chi connectivity index (χ1v) is 7.93. The second-order valence-corrected chi connectivity index (χ2v) is 5.77. The van der Waals surface area contributed by atoms with Crippen molar-refractivity contribution in [1.82, 2.24) is 5.32 Å². The van der Waals surface area contributed by atoms with Gasteiger partial charge in [0.25, 0.3) is 0 Å². The van der Waals surface area contributed by atoms with Crippen molar-refractivity contribution in [3.63, 3.8) is 0 Å². The van der Waals surface area contributed by atoms with Crippen molar-refractivity contribution < 1.29 is 9.53 Å². The van der Waals surface area contributed by atoms with Crippen LogP contribution in [0.15, 0.2) is 24.3 Å². The normalized spacial score (nSPS) is 21.8. The molecular formula is C17H26N2O2. The summed E-state index contributed by atoms with van der Waals surface area (Å²) in [6.07, 6.45) is 5.07. The highest BCUT2D eigenvalue weighted by atomic mass is 16.5. The van der Waals surface area contributed by atoms with Gasteiger partial charge in [0, 0.05) is 19.0 Å². The van der Waals surface area contributed by atoms with E-state index in [2.05, 4.69) is 5.32 Å². The summed E-state index contributed by atoms with van der Waals surface area (Å²) >= 11 is 0. The fourth-order valence-corrected chi connectivity index (χ4v) is 2.91. The first kappa shape index (κ1) is 15.8. The van der Waals surface area contributed by atoms with Crippen molar-refractivity contribution in [2.45, 2.75) is 51.6 Å². The van der Waals surface area contributed by atoms with Gasteiger partial charge in [-0.3, -0.25) is 4.79 Å². The van der Waals surface area contributed by atoms with Crippen molar-refractivity contribution in [3.05, 3.63) is 29.8 Å². The molecule has 2 atom stereocenters. The molecule has 4 heteroatoms. The molecule has 0 saturated heterocycles. The number of carbonyl (C=O) groups excluding carboxylic acids is 1. The zero-order valence-electron chi connectivity index (χ0n) is 12.8. The molecule has 3 N–H and O–H groups in total. The van der Waals surface area contributed by atoms with E-state index in [4.69, 9.17) is 10.5 Å². The van der Waals surface area contributed by atoms with Gasteiger partial charge in [-0.05, 0) is 43.4 Å². The fraction of sp³-hybridized carbons (Fsp3) is 0.588. The van der Waals surface area contributed by atoms with E-state index in [0.717, 1.165) is 24.2 Å². The van der Waals surface area contributed by atoms with E-state index in [9.17, 15) is 4.79 Å². The lowest BCUT2D eigenvalue weighted by molar-refractivity contribution is -0.122. The first-order valence-electron chi connectivity index (χ1n) is 7.93. The molecule has 1 saturated carbocycles. The van der Waals surface area contributed by atoms with Gasteiger partial charge in [-0.15, -0.1) is 0 Å². The van der Waals surface area contributed by atoms with Crippen molar-refractivity contribution in [2.24, 2.45) is 11.7 Å². The average molecular weight is 290 g/mol. The minimum atomic E-state index is 0.0964. The summed E-state index contributed by atoms with van der Waals surface area (Å²) in [6.45, 7) is 3.15. The lowest BCUT2D eigenvalue weighted by Gasteiger charge is -2.27. The fourth-order valence-electron chi connectivity index (χ4n) is 2.91. The maximum absolute atomic E-state index is 12.0. The topological polar surface area (TPSA) is 64.3 Å². The Balaban J connectivity index is 1.79. The number of hydrogen-bond acceptors (Lipinski definition) is 3. The molecule has 0 heterocycles. The molecule has 2 rings (SSSR count). The van der Waals surface area contributed by atoms with Gasteiger partial charge in [-0.2, -0.15) is 0 Å². The molecule has 116 valence electrons. The highest BCUT2D eigenvalue weighted by molar-refractivity contribution is 5.76. The standard InChI is InChI=1S/C17H26N2O2/c1-2-21-15-8-5-6-13(10-15)12-19-17(20)11-14-7-3-4-9-16(14)18/h5-6,8,10,14,16H,2-4,7,9,11-12,18H2,1H3,(H,19,20). The van der Waals surface area contributed by atoms with Crippen LogP contribution < -0.4 is 15.8 Å². The van der Waals surface area contributed by atoms with Crippen molar-refractivity contribution in [3.8, 4) is 5.75 Å². The van der Waals surface area contributed by atoms with Crippen molar-refractivity contribution in [1.29, 1.82) is 0 Å². The first-order chi connectivity index (χ1) is 10.2. The Morgan fingerprint density at radius 3 is 2.95 bits per heavy atom. The quantitative estimate of drug-likeness (QED) is 0.846. The van der Waals surface area contributed by atoms with Crippen molar-refractivity contribution >= 4 is 5.91 Å². The number of ether oxygens (including phenoxy) is 1. The Bertz CT molecular complexity index is 462. The third-order valence-electron chi connectivity index (χ3n) is 4.11. The van der Waals surface area contributed by atoms with E-state index in [-0.39, 0.29) is 11.9 Å². The van der Waals surface area contributed by atoms with Crippen LogP contribution in [-0.4, -0.2) is 18.6 Å². The monoisotopic (exact) mass is 290 g/mol. The minimum Gasteiger partial charge on any atom is -0.494 e. The number of hydrogen-bond donors (Lipinski definition) is 2. The molecular weight excluding hydrogens is 264 g/mol. The van der Waals surface area contributed by atoms with Gasteiger partial charge in [-0.1, -0.05) is 25.0 Å². The van der Waals surface area contributed by atoms with Gasteiger partial charge in [0.1, 0.15) is 5.75 Å². The van der Waals surface area contributed by atoms with Crippen LogP contribution >= 0.6 is 0 Å². The van der Waals surface area contributed by atoms with E-state index >= 15 is 0 Å². The van der Waals surface area contributed by atoms with Gasteiger partial charge in [0.05, 0.1) is 6.61 Å². The number of carbonyl (C=O) groups is 1. The number of nitrogens with one attached hydrogen (secondary N) is 1. The second-order valence-electron chi connectivity index (χ2n) is 5.77. The number of rotatable bonds is 6. The van der Waals surface area contributed by atoms with Crippen LogP contribution in [0.1, 0.15) is 44.6 Å². The SMILES string of the molecule is CCOc1cccc(CNC(=O)CC2CCCCC2N)c1. The third-order valence-corrected chi connectivity index (χ3v) is 4.11. The molecule has 1 aromatic rings. The van der Waals surface area contributed by atoms with Crippen LogP contribution in [0.3, 0.4) is 0 Å². The molecule has 0 aliphatic heterocycles. The Kier molecular flexibility index (Phi) is 6.05. The van der Waals surface area contributed by atoms with E-state index in [1.807, 2.05) is 31.2 Å². The predicted molar refractivity (Wildman–Crippen MR) is 84.0 cm³/mol. The largest absolute Gasteiger partial charge is 0.494 e. The smallest absolute Gasteiger partial charge is 0.220 e. The van der Waals surface area contributed by atoms with Gasteiger partial charge in [0.2, 0.25) is 5.91 Å². The van der Waals surface area contributed by atoms with Gasteiger partial charge in [-0.25, -0.2) is 0 Å². The number of benzene rings is 1. The predicted octanol–water partition coefficient (Wildman–Crippen LogP) is 2.61. The zero-order chi connectivity index (χ0) is 15.1. The van der Waals surface area contributed by atoms with Crippen LogP contribution in [0.5, 0.6) is 5.75 Å². The maximum atomic E-state index is 12.0. The number of amides is 1. The third kappa shape index (κ3) is 5.05. The van der Waals surface area contributed by atoms with Crippen LogP contribution in [0.4, 0.5) is 0 Å². The lowest BCUT2D eigenvalue weighted by Crippen LogP contribution is -2.36. The van der Waals surface area contributed by atoms with Crippen LogP contribution in [0, 0.1) is 5.92 Å². The van der Waals surface area contributed by atoms with Gasteiger partial charge in [0.15, 0.2) is 0 Å². The highest BCUT2D eigenvalue weighted by Crippen LogP contribution is 2.25. The average Bonchev–Trinajstić information content (AvgIpc) is 2.48. The van der Waals surface area contributed by atoms with Crippen LogP contribution in [-0.2, 0) is 11.3 Å². The number of nitrogens with two attached hydrogens (primary N) is 1. The van der Waals surface area contributed by atoms with Gasteiger partial charge < -0.3 is 15.8 Å². The maximum Gasteiger partial charge on any atom is 0.220 e. The molecule has 1 amide bonds. The summed E-state index contributed by atoms with van der Waals surface area (Å²) in [7, 11) is 0. The van der Waals surface area contributed by atoms with E-state index in [0.29, 0.717) is 25.5 Å². The summed E-state index contributed by atoms with van der Waals surface area (Å²) in [5, 5.41) is 2.99. The van der Waals surface area contributed by atoms with Crippen LogP contribution in [0.2, 0.25) is 0 Å². The molecule has 21 heavy (non-hydrogen) atoms. The van der Waals surface area contributed by atoms with E-state index < -0.39 is 0 Å². The molecule has 0 aromatic heterocycles. The molecule has 1 aliphatic carbocycles. The van der Waals surface area contributed by atoms with E-state index in [1.165, 1.54) is 12.8 Å². The second kappa shape index (κ2) is 8.03. The Morgan fingerprint density at radius 1 is 1.38 bits per heavy atom. The molecule has 0 bridgehead atoms. The summed E-state index contributed by atoms with van der Waals surface area (Å²) < 4.78 is 5.46. The summed E-state index contributed by atoms with van der Waals surface area (Å²) in [4.78, 5) is 12.0. The summed E-state index contributed by atoms with van der Waals surface area (Å²) in [5.41, 5.74) is 7.15. The van der Waals surface area contributed by atoms with Crippen molar-refractivity contribution in [2.75, 3.05) is 6.61 Å². The Hall–Kier alpha value is -1.55. The van der Waals surface area contributed by atoms with Gasteiger partial charge >= 0.3 is 0 Å².